The van der Waals surface area contributed by atoms with Gasteiger partial charge in [-0.05, 0) is 79.9 Å². The summed E-state index contributed by atoms with van der Waals surface area (Å²) in [5.41, 5.74) is 11.4. The zero-order valence-electron chi connectivity index (χ0n) is 30.8. The minimum absolute atomic E-state index is 0.603. The fraction of sp³-hybridized carbons (Fsp3) is 0. The second kappa shape index (κ2) is 13.6. The predicted octanol–water partition coefficient (Wildman–Crippen LogP) is 14.1. The molecule has 0 aliphatic heterocycles. The van der Waals surface area contributed by atoms with Crippen LogP contribution in [0.4, 0.5) is 0 Å². The van der Waals surface area contributed by atoms with Crippen molar-refractivity contribution in [3.05, 3.63) is 200 Å². The largest absolute Gasteiger partial charge is 0.455 e. The van der Waals surface area contributed by atoms with Crippen LogP contribution in [0.3, 0.4) is 0 Å². The maximum atomic E-state index is 6.63. The minimum atomic E-state index is 0.603. The van der Waals surface area contributed by atoms with Gasteiger partial charge in [0, 0.05) is 32.8 Å². The topological polar surface area (TPSA) is 51.8 Å². The molecule has 2 heterocycles. The summed E-state index contributed by atoms with van der Waals surface area (Å²) in [6.07, 6.45) is 0. The van der Waals surface area contributed by atoms with E-state index in [1.165, 1.54) is 27.5 Å². The molecule has 0 aliphatic carbocycles. The molecule has 0 fully saturated rings. The van der Waals surface area contributed by atoms with Gasteiger partial charge in [0.1, 0.15) is 11.2 Å². The number of hydrogen-bond donors (Lipinski definition) is 0. The van der Waals surface area contributed by atoms with Crippen molar-refractivity contribution in [2.75, 3.05) is 0 Å². The standard InChI is InChI=1S/C53H33N3O/c1-3-11-34(12-4-1)36-19-24-38(25-20-36)46-33-48-47-32-43(29-30-49(47)57-50(48)45-18-10-9-17-44(45)46)53-55-51(39-14-5-2-6-15-39)54-52(56-53)40-26-21-37(22-27-40)42-28-23-35-13-7-8-16-41(35)31-42/h1-33H. The van der Waals surface area contributed by atoms with E-state index >= 15 is 0 Å². The predicted molar refractivity (Wildman–Crippen MR) is 235 cm³/mol. The average molecular weight is 728 g/mol. The Bertz CT molecular complexity index is 3260. The summed E-state index contributed by atoms with van der Waals surface area (Å²) in [4.78, 5) is 15.2. The molecule has 0 unspecified atom stereocenters. The number of fused-ring (bicyclic) bond motifs is 6. The summed E-state index contributed by atoms with van der Waals surface area (Å²) in [6.45, 7) is 0. The van der Waals surface area contributed by atoms with E-state index in [0.29, 0.717) is 17.5 Å². The molecule has 0 aliphatic rings. The fourth-order valence-electron chi connectivity index (χ4n) is 7.98. The Hall–Kier alpha value is -7.69. The summed E-state index contributed by atoms with van der Waals surface area (Å²) in [5, 5.41) is 6.74. The van der Waals surface area contributed by atoms with Crippen LogP contribution in [0.1, 0.15) is 0 Å². The molecule has 0 saturated heterocycles. The molecule has 0 saturated carbocycles. The van der Waals surface area contributed by atoms with Gasteiger partial charge < -0.3 is 4.42 Å². The average Bonchev–Trinajstić information content (AvgIpc) is 3.67. The summed E-state index contributed by atoms with van der Waals surface area (Å²) in [5.74, 6) is 1.85. The smallest absolute Gasteiger partial charge is 0.164 e. The van der Waals surface area contributed by atoms with Crippen LogP contribution in [-0.2, 0) is 0 Å². The van der Waals surface area contributed by atoms with E-state index in [4.69, 9.17) is 19.4 Å². The van der Waals surface area contributed by atoms with Crippen molar-refractivity contribution in [3.63, 3.8) is 0 Å². The summed E-state index contributed by atoms with van der Waals surface area (Å²) in [6, 6.07) is 70.0. The third kappa shape index (κ3) is 5.92. The van der Waals surface area contributed by atoms with Gasteiger partial charge in [0.2, 0.25) is 0 Å². The third-order valence-electron chi connectivity index (χ3n) is 10.9. The summed E-state index contributed by atoms with van der Waals surface area (Å²) >= 11 is 0. The van der Waals surface area contributed by atoms with Crippen molar-refractivity contribution in [2.24, 2.45) is 0 Å². The Kier molecular flexibility index (Phi) is 7.78. The van der Waals surface area contributed by atoms with Gasteiger partial charge in [-0.3, -0.25) is 0 Å². The number of rotatable bonds is 6. The van der Waals surface area contributed by atoms with Crippen molar-refractivity contribution in [2.45, 2.75) is 0 Å². The van der Waals surface area contributed by atoms with Crippen LogP contribution in [0.2, 0.25) is 0 Å². The third-order valence-corrected chi connectivity index (χ3v) is 10.9. The quantitative estimate of drug-likeness (QED) is 0.171. The molecule has 0 spiro atoms. The lowest BCUT2D eigenvalue weighted by Gasteiger charge is -2.10. The first-order valence-electron chi connectivity index (χ1n) is 19.2. The molecular formula is C53H33N3O. The summed E-state index contributed by atoms with van der Waals surface area (Å²) < 4.78 is 6.63. The zero-order chi connectivity index (χ0) is 37.7. The molecule has 0 atom stereocenters. The lowest BCUT2D eigenvalue weighted by atomic mass is 9.94. The first-order chi connectivity index (χ1) is 28.2. The normalized spacial score (nSPS) is 11.5. The van der Waals surface area contributed by atoms with Crippen molar-refractivity contribution in [1.82, 2.24) is 15.0 Å². The first kappa shape index (κ1) is 32.7. The Morgan fingerprint density at radius 1 is 0.281 bits per heavy atom. The van der Waals surface area contributed by atoms with Gasteiger partial charge in [0.25, 0.3) is 0 Å². The molecule has 4 nitrogen and oxygen atoms in total. The Balaban J connectivity index is 1.03. The number of hydrogen-bond acceptors (Lipinski definition) is 4. The van der Waals surface area contributed by atoms with E-state index in [-0.39, 0.29) is 0 Å². The SMILES string of the molecule is c1ccc(-c2ccc(-c3cc4c5cc(-c6nc(-c7ccccc7)nc(-c7ccc(-c8ccc9ccccc9c8)cc7)n6)ccc5oc4c4ccccc34)cc2)cc1. The minimum Gasteiger partial charge on any atom is -0.455 e. The number of furan rings is 1. The van der Waals surface area contributed by atoms with Gasteiger partial charge >= 0.3 is 0 Å². The molecule has 9 aromatic carbocycles. The lowest BCUT2D eigenvalue weighted by molar-refractivity contribution is 0.672. The van der Waals surface area contributed by atoms with Crippen molar-refractivity contribution >= 4 is 43.5 Å². The van der Waals surface area contributed by atoms with E-state index in [9.17, 15) is 0 Å². The maximum absolute atomic E-state index is 6.63. The highest BCUT2D eigenvalue weighted by Crippen LogP contribution is 2.41. The molecule has 0 amide bonds. The molecule has 4 heteroatoms. The monoisotopic (exact) mass is 727 g/mol. The van der Waals surface area contributed by atoms with Gasteiger partial charge in [0.05, 0.1) is 0 Å². The van der Waals surface area contributed by atoms with E-state index < -0.39 is 0 Å². The van der Waals surface area contributed by atoms with E-state index in [1.807, 2.05) is 48.5 Å². The van der Waals surface area contributed by atoms with Crippen molar-refractivity contribution in [3.8, 4) is 67.5 Å². The van der Waals surface area contributed by atoms with Gasteiger partial charge in [-0.15, -0.1) is 0 Å². The van der Waals surface area contributed by atoms with Crippen LogP contribution >= 0.6 is 0 Å². The molecule has 266 valence electrons. The van der Waals surface area contributed by atoms with E-state index in [1.54, 1.807) is 0 Å². The van der Waals surface area contributed by atoms with Crippen LogP contribution in [-0.4, -0.2) is 15.0 Å². The van der Waals surface area contributed by atoms with Crippen LogP contribution in [0.15, 0.2) is 205 Å². The fourth-order valence-corrected chi connectivity index (χ4v) is 7.98. The Morgan fingerprint density at radius 2 is 0.772 bits per heavy atom. The second-order valence-corrected chi connectivity index (χ2v) is 14.4. The molecule has 0 N–H and O–H groups in total. The zero-order valence-corrected chi connectivity index (χ0v) is 30.8. The van der Waals surface area contributed by atoms with Gasteiger partial charge in [-0.25, -0.2) is 15.0 Å². The highest BCUT2D eigenvalue weighted by atomic mass is 16.3. The summed E-state index contributed by atoms with van der Waals surface area (Å²) in [7, 11) is 0. The molecule has 11 aromatic rings. The molecule has 57 heavy (non-hydrogen) atoms. The molecule has 0 bridgehead atoms. The highest BCUT2D eigenvalue weighted by molar-refractivity contribution is 6.19. The van der Waals surface area contributed by atoms with Crippen LogP contribution in [0.25, 0.3) is 111 Å². The Morgan fingerprint density at radius 3 is 1.49 bits per heavy atom. The number of benzene rings is 9. The molecule has 2 aromatic heterocycles. The van der Waals surface area contributed by atoms with Crippen molar-refractivity contribution < 1.29 is 4.42 Å². The van der Waals surface area contributed by atoms with Crippen LogP contribution in [0, 0.1) is 0 Å². The van der Waals surface area contributed by atoms with Gasteiger partial charge in [-0.2, -0.15) is 0 Å². The maximum Gasteiger partial charge on any atom is 0.164 e. The van der Waals surface area contributed by atoms with E-state index in [0.717, 1.165) is 66.1 Å². The van der Waals surface area contributed by atoms with E-state index in [2.05, 4.69) is 152 Å². The van der Waals surface area contributed by atoms with Crippen LogP contribution < -0.4 is 0 Å². The number of nitrogens with zero attached hydrogens (tertiary/aromatic N) is 3. The first-order valence-corrected chi connectivity index (χ1v) is 19.2. The molecule has 11 rings (SSSR count). The molecular weight excluding hydrogens is 695 g/mol. The molecule has 0 radical (unpaired) electrons. The highest BCUT2D eigenvalue weighted by Gasteiger charge is 2.18. The number of aromatic nitrogens is 3. The second-order valence-electron chi connectivity index (χ2n) is 14.4. The van der Waals surface area contributed by atoms with Crippen LogP contribution in [0.5, 0.6) is 0 Å². The van der Waals surface area contributed by atoms with Gasteiger partial charge in [0.15, 0.2) is 17.5 Å². The lowest BCUT2D eigenvalue weighted by Crippen LogP contribution is -2.00. The van der Waals surface area contributed by atoms with Crippen molar-refractivity contribution in [1.29, 1.82) is 0 Å². The van der Waals surface area contributed by atoms with Gasteiger partial charge in [-0.1, -0.05) is 170 Å². The Labute approximate surface area is 329 Å².